The zero-order valence-electron chi connectivity index (χ0n) is 13.3. The van der Waals surface area contributed by atoms with E-state index in [0.717, 1.165) is 29.7 Å². The Morgan fingerprint density at radius 2 is 2.25 bits per heavy atom. The minimum Gasteiger partial charge on any atom is -0.352 e. The van der Waals surface area contributed by atoms with E-state index in [1.165, 1.54) is 5.57 Å². The van der Waals surface area contributed by atoms with Crippen molar-refractivity contribution in [3.63, 3.8) is 0 Å². The van der Waals surface area contributed by atoms with Crippen LogP contribution in [0.15, 0.2) is 40.4 Å². The van der Waals surface area contributed by atoms with Crippen LogP contribution in [0.1, 0.15) is 12.8 Å². The van der Waals surface area contributed by atoms with Crippen molar-refractivity contribution in [2.24, 2.45) is 5.92 Å². The van der Waals surface area contributed by atoms with Crippen LogP contribution >= 0.6 is 28.3 Å². The van der Waals surface area contributed by atoms with Crippen LogP contribution < -0.4 is 15.5 Å². The fourth-order valence-corrected chi connectivity index (χ4v) is 3.36. The molecule has 1 atom stereocenters. The second-order valence-corrected chi connectivity index (χ2v) is 6.76. The van der Waals surface area contributed by atoms with Crippen LogP contribution in [-0.2, 0) is 9.59 Å². The highest BCUT2D eigenvalue weighted by molar-refractivity contribution is 9.10. The number of benzene rings is 1. The van der Waals surface area contributed by atoms with Gasteiger partial charge in [0.15, 0.2) is 0 Å². The summed E-state index contributed by atoms with van der Waals surface area (Å²) < 4.78 is 0.925. The van der Waals surface area contributed by atoms with Crippen molar-refractivity contribution in [1.82, 2.24) is 10.6 Å². The van der Waals surface area contributed by atoms with Crippen molar-refractivity contribution in [1.29, 1.82) is 0 Å². The second kappa shape index (κ2) is 8.65. The van der Waals surface area contributed by atoms with E-state index < -0.39 is 5.92 Å². The van der Waals surface area contributed by atoms with Gasteiger partial charge in [0.2, 0.25) is 11.8 Å². The molecule has 2 aliphatic rings. The average Bonchev–Trinajstić information content (AvgIpc) is 2.95. The lowest BCUT2D eigenvalue weighted by atomic mass is 10.1. The number of carbonyl (C=O) groups excluding carboxylic acids is 2. The highest BCUT2D eigenvalue weighted by atomic mass is 79.9. The second-order valence-electron chi connectivity index (χ2n) is 5.85. The van der Waals surface area contributed by atoms with Gasteiger partial charge in [-0.25, -0.2) is 0 Å². The maximum atomic E-state index is 12.5. The average molecular weight is 415 g/mol. The smallest absolute Gasteiger partial charge is 0.239 e. The number of hydrogen-bond acceptors (Lipinski definition) is 3. The van der Waals surface area contributed by atoms with Gasteiger partial charge in [-0.1, -0.05) is 33.6 Å². The summed E-state index contributed by atoms with van der Waals surface area (Å²) in [6.45, 7) is 2.92. The summed E-state index contributed by atoms with van der Waals surface area (Å²) in [5.41, 5.74) is 2.06. The first-order valence-corrected chi connectivity index (χ1v) is 8.68. The molecule has 1 saturated heterocycles. The Labute approximate surface area is 156 Å². The molecule has 1 aromatic rings. The van der Waals surface area contributed by atoms with Crippen molar-refractivity contribution in [3.8, 4) is 0 Å². The van der Waals surface area contributed by atoms with E-state index in [4.69, 9.17) is 0 Å². The lowest BCUT2D eigenvalue weighted by Gasteiger charge is -2.18. The van der Waals surface area contributed by atoms with E-state index in [2.05, 4.69) is 32.6 Å². The molecule has 0 aromatic heterocycles. The molecule has 7 heteroatoms. The zero-order chi connectivity index (χ0) is 16.2. The quantitative estimate of drug-likeness (QED) is 0.587. The molecular weight excluding hydrogens is 394 g/mol. The molecule has 2 amide bonds. The van der Waals surface area contributed by atoms with Crippen LogP contribution in [0, 0.1) is 5.92 Å². The molecular formula is C17H21BrClN3O2. The molecule has 0 saturated carbocycles. The number of halogens is 2. The molecule has 0 spiro atoms. The van der Waals surface area contributed by atoms with E-state index in [9.17, 15) is 9.59 Å². The molecule has 0 bridgehead atoms. The van der Waals surface area contributed by atoms with E-state index >= 15 is 0 Å². The molecule has 2 aliphatic heterocycles. The Morgan fingerprint density at radius 3 is 2.96 bits per heavy atom. The van der Waals surface area contributed by atoms with Gasteiger partial charge in [-0.2, -0.15) is 0 Å². The summed E-state index contributed by atoms with van der Waals surface area (Å²) >= 11 is 3.41. The summed E-state index contributed by atoms with van der Waals surface area (Å²) in [7, 11) is 0. The molecule has 0 radical (unpaired) electrons. The van der Waals surface area contributed by atoms with Crippen LogP contribution in [0.25, 0.3) is 0 Å². The molecule has 1 fully saturated rings. The largest absolute Gasteiger partial charge is 0.352 e. The van der Waals surface area contributed by atoms with Gasteiger partial charge in [-0.3, -0.25) is 9.59 Å². The molecule has 5 nitrogen and oxygen atoms in total. The number of rotatable bonds is 4. The van der Waals surface area contributed by atoms with Crippen molar-refractivity contribution in [2.45, 2.75) is 12.8 Å². The predicted octanol–water partition coefficient (Wildman–Crippen LogP) is 2.26. The Hall–Kier alpha value is -1.37. The summed E-state index contributed by atoms with van der Waals surface area (Å²) in [6, 6.07) is 7.60. The van der Waals surface area contributed by atoms with Crippen molar-refractivity contribution >= 4 is 45.8 Å². The Balaban J connectivity index is 0.00000208. The van der Waals surface area contributed by atoms with Gasteiger partial charge in [0.25, 0.3) is 0 Å². The highest BCUT2D eigenvalue weighted by Crippen LogP contribution is 2.27. The van der Waals surface area contributed by atoms with Gasteiger partial charge in [-0.15, -0.1) is 12.4 Å². The molecule has 130 valence electrons. The number of nitrogens with one attached hydrogen (secondary N) is 2. The monoisotopic (exact) mass is 413 g/mol. The summed E-state index contributed by atoms with van der Waals surface area (Å²) in [5, 5.41) is 6.16. The highest BCUT2D eigenvalue weighted by Gasteiger charge is 2.37. The fourth-order valence-electron chi connectivity index (χ4n) is 2.98. The Morgan fingerprint density at radius 1 is 1.42 bits per heavy atom. The predicted molar refractivity (Wildman–Crippen MR) is 100 cm³/mol. The third-order valence-electron chi connectivity index (χ3n) is 4.29. The third-order valence-corrected chi connectivity index (χ3v) is 4.78. The molecule has 3 rings (SSSR count). The van der Waals surface area contributed by atoms with Crippen LogP contribution in [0.2, 0.25) is 0 Å². The zero-order valence-corrected chi connectivity index (χ0v) is 15.7. The molecule has 24 heavy (non-hydrogen) atoms. The van der Waals surface area contributed by atoms with Crippen molar-refractivity contribution in [2.75, 3.05) is 31.1 Å². The first-order valence-electron chi connectivity index (χ1n) is 7.88. The molecule has 2 heterocycles. The van der Waals surface area contributed by atoms with Crippen molar-refractivity contribution in [3.05, 3.63) is 40.4 Å². The van der Waals surface area contributed by atoms with Gasteiger partial charge in [-0.05, 0) is 37.6 Å². The lowest BCUT2D eigenvalue weighted by molar-refractivity contribution is -0.132. The molecule has 0 aliphatic carbocycles. The third kappa shape index (κ3) is 4.37. The first kappa shape index (κ1) is 19.0. The van der Waals surface area contributed by atoms with Gasteiger partial charge < -0.3 is 15.5 Å². The number of nitrogens with zero attached hydrogens (tertiary/aromatic N) is 1. The molecule has 2 N–H and O–H groups in total. The van der Waals surface area contributed by atoms with Crippen LogP contribution in [-0.4, -0.2) is 38.0 Å². The number of carbonyl (C=O) groups is 2. The minimum absolute atomic E-state index is 0. The van der Waals surface area contributed by atoms with E-state index in [0.29, 0.717) is 19.5 Å². The minimum atomic E-state index is -0.573. The molecule has 1 unspecified atom stereocenters. The van der Waals surface area contributed by atoms with Gasteiger partial charge >= 0.3 is 0 Å². The Bertz CT molecular complexity index is 650. The summed E-state index contributed by atoms with van der Waals surface area (Å²) in [4.78, 5) is 26.6. The normalized spacial score (nSPS) is 20.4. The van der Waals surface area contributed by atoms with Gasteiger partial charge in [0, 0.05) is 29.8 Å². The topological polar surface area (TPSA) is 61.4 Å². The Kier molecular flexibility index (Phi) is 6.83. The maximum Gasteiger partial charge on any atom is 0.239 e. The van der Waals surface area contributed by atoms with Gasteiger partial charge in [0.1, 0.15) is 5.92 Å². The van der Waals surface area contributed by atoms with Crippen LogP contribution in [0.3, 0.4) is 0 Å². The van der Waals surface area contributed by atoms with Gasteiger partial charge in [0.05, 0.1) is 0 Å². The first-order chi connectivity index (χ1) is 11.1. The number of hydrogen-bond donors (Lipinski definition) is 2. The summed E-state index contributed by atoms with van der Waals surface area (Å²) in [5.74, 6) is -0.844. The van der Waals surface area contributed by atoms with Crippen LogP contribution in [0.4, 0.5) is 5.69 Å². The van der Waals surface area contributed by atoms with E-state index in [1.54, 1.807) is 4.90 Å². The number of amides is 2. The standard InChI is InChI=1S/C17H20BrN3O2.ClH/c18-13-2-1-3-14(10-13)21-9-6-15(17(21)23)16(22)20-11-12-4-7-19-8-5-12;/h1-4,10,15,19H,5-9,11H2,(H,20,22);1H. The van der Waals surface area contributed by atoms with E-state index in [-0.39, 0.29) is 24.2 Å². The molecule has 1 aromatic carbocycles. The van der Waals surface area contributed by atoms with Crippen molar-refractivity contribution < 1.29 is 9.59 Å². The maximum absolute atomic E-state index is 12.5. The van der Waals surface area contributed by atoms with E-state index in [1.807, 2.05) is 24.3 Å². The lowest BCUT2D eigenvalue weighted by Crippen LogP contribution is -2.38. The fraction of sp³-hybridized carbons (Fsp3) is 0.412. The van der Waals surface area contributed by atoms with Crippen LogP contribution in [0.5, 0.6) is 0 Å². The SMILES string of the molecule is Cl.O=C(NCC1=CCNCC1)C1CCN(c2cccc(Br)c2)C1=O. The summed E-state index contributed by atoms with van der Waals surface area (Å²) in [6.07, 6.45) is 3.62. The number of anilines is 1.